The van der Waals surface area contributed by atoms with Crippen molar-refractivity contribution >= 4 is 24.9 Å². The van der Waals surface area contributed by atoms with Gasteiger partial charge in [-0.05, 0) is 12.5 Å². The van der Waals surface area contributed by atoms with E-state index in [1.54, 1.807) is 23.4 Å². The lowest BCUT2D eigenvalue weighted by Gasteiger charge is -2.13. The number of esters is 1. The largest absolute Gasteiger partial charge is 0.465 e. The minimum atomic E-state index is -0.431. The zero-order valence-corrected chi connectivity index (χ0v) is 10.5. The van der Waals surface area contributed by atoms with Gasteiger partial charge in [-0.15, -0.1) is 0 Å². The maximum Gasteiger partial charge on any atom is 0.341 e. The lowest BCUT2D eigenvalue weighted by molar-refractivity contribution is -0.133. The van der Waals surface area contributed by atoms with Gasteiger partial charge in [0.1, 0.15) is 13.4 Å². The summed E-state index contributed by atoms with van der Waals surface area (Å²) in [5, 5.41) is 0. The third-order valence-corrected chi connectivity index (χ3v) is 2.29. The van der Waals surface area contributed by atoms with Crippen LogP contribution in [0.5, 0.6) is 0 Å². The first-order valence-electron chi connectivity index (χ1n) is 5.15. The molecular formula is C12H15BN2O2. The molecule has 1 rings (SSSR count). The highest BCUT2D eigenvalue weighted by atomic mass is 16.5. The van der Waals surface area contributed by atoms with Gasteiger partial charge in [-0.3, -0.25) is 4.98 Å². The minimum Gasteiger partial charge on any atom is -0.465 e. The van der Waals surface area contributed by atoms with Gasteiger partial charge < -0.3 is 9.64 Å². The number of carbonyl (C=O) groups is 1. The van der Waals surface area contributed by atoms with Crippen molar-refractivity contribution in [1.29, 1.82) is 0 Å². The Morgan fingerprint density at radius 1 is 1.53 bits per heavy atom. The molecule has 1 heterocycles. The van der Waals surface area contributed by atoms with Crippen molar-refractivity contribution in [2.45, 2.75) is 6.92 Å². The summed E-state index contributed by atoms with van der Waals surface area (Å²) in [5.41, 5.74) is 2.31. The molecule has 4 nitrogen and oxygen atoms in total. The summed E-state index contributed by atoms with van der Waals surface area (Å²) < 4.78 is 4.75. The number of nitrogens with zero attached hydrogens (tertiary/aromatic N) is 2. The summed E-state index contributed by atoms with van der Waals surface area (Å²) in [4.78, 5) is 17.7. The standard InChI is InChI=1S/C12H15BN2O2/c1-8-10(13)5-6-14-11(8)9(7-15(2)3)12(16)17-4/h5-7H,1-4H3/b9-7-. The first kappa shape index (κ1) is 13.3. The normalized spacial score (nSPS) is 11.2. The van der Waals surface area contributed by atoms with Gasteiger partial charge in [0.15, 0.2) is 0 Å². The molecule has 0 aliphatic rings. The number of hydrogen-bond acceptors (Lipinski definition) is 4. The van der Waals surface area contributed by atoms with Gasteiger partial charge in [0.25, 0.3) is 0 Å². The van der Waals surface area contributed by atoms with E-state index in [4.69, 9.17) is 12.6 Å². The third-order valence-electron chi connectivity index (χ3n) is 2.29. The molecule has 1 aromatic heterocycles. The van der Waals surface area contributed by atoms with Crippen molar-refractivity contribution in [1.82, 2.24) is 9.88 Å². The summed E-state index contributed by atoms with van der Waals surface area (Å²) in [6, 6.07) is 1.70. The minimum absolute atomic E-state index is 0.391. The number of methoxy groups -OCH3 is 1. The van der Waals surface area contributed by atoms with Crippen LogP contribution in [0.1, 0.15) is 11.3 Å². The maximum absolute atomic E-state index is 11.7. The van der Waals surface area contributed by atoms with Crippen LogP contribution in [-0.2, 0) is 9.53 Å². The molecule has 0 unspecified atom stereocenters. The molecule has 0 saturated heterocycles. The highest BCUT2D eigenvalue weighted by Gasteiger charge is 2.17. The molecule has 2 radical (unpaired) electrons. The van der Waals surface area contributed by atoms with Crippen LogP contribution in [0.3, 0.4) is 0 Å². The summed E-state index contributed by atoms with van der Waals surface area (Å²) in [7, 11) is 10.8. The molecule has 0 saturated carbocycles. The number of ether oxygens (including phenoxy) is 1. The van der Waals surface area contributed by atoms with Gasteiger partial charge in [-0.25, -0.2) is 4.79 Å². The van der Waals surface area contributed by atoms with E-state index in [1.807, 2.05) is 21.0 Å². The van der Waals surface area contributed by atoms with Crippen LogP contribution >= 0.6 is 0 Å². The summed E-state index contributed by atoms with van der Waals surface area (Å²) >= 11 is 0. The summed E-state index contributed by atoms with van der Waals surface area (Å²) in [6.45, 7) is 1.82. The molecule has 0 N–H and O–H groups in total. The molecule has 0 spiro atoms. The van der Waals surface area contributed by atoms with E-state index in [1.165, 1.54) is 7.11 Å². The summed E-state index contributed by atoms with van der Waals surface area (Å²) in [6.07, 6.45) is 3.24. The molecule has 0 aromatic carbocycles. The van der Waals surface area contributed by atoms with Gasteiger partial charge >= 0.3 is 5.97 Å². The average Bonchev–Trinajstić information content (AvgIpc) is 2.29. The van der Waals surface area contributed by atoms with E-state index in [9.17, 15) is 4.79 Å². The van der Waals surface area contributed by atoms with Crippen LogP contribution in [0.15, 0.2) is 18.5 Å². The Morgan fingerprint density at radius 2 is 2.18 bits per heavy atom. The quantitative estimate of drug-likeness (QED) is 0.424. The van der Waals surface area contributed by atoms with Crippen LogP contribution in [0.25, 0.3) is 5.57 Å². The zero-order chi connectivity index (χ0) is 13.0. The molecule has 0 atom stereocenters. The van der Waals surface area contributed by atoms with E-state index in [2.05, 4.69) is 4.98 Å². The van der Waals surface area contributed by atoms with Crippen molar-refractivity contribution in [2.24, 2.45) is 0 Å². The predicted octanol–water partition coefficient (Wildman–Crippen LogP) is 0.259. The first-order valence-corrected chi connectivity index (χ1v) is 5.15. The van der Waals surface area contributed by atoms with Crippen molar-refractivity contribution in [3.8, 4) is 0 Å². The van der Waals surface area contributed by atoms with Gasteiger partial charge in [0.05, 0.1) is 12.8 Å². The van der Waals surface area contributed by atoms with E-state index < -0.39 is 5.97 Å². The van der Waals surface area contributed by atoms with Gasteiger partial charge in [0.2, 0.25) is 0 Å². The fraction of sp³-hybridized carbons (Fsp3) is 0.333. The van der Waals surface area contributed by atoms with Crippen LogP contribution < -0.4 is 5.46 Å². The molecule has 5 heteroatoms. The van der Waals surface area contributed by atoms with E-state index in [-0.39, 0.29) is 0 Å². The molecule has 0 amide bonds. The average molecular weight is 230 g/mol. The highest BCUT2D eigenvalue weighted by molar-refractivity contribution is 6.34. The van der Waals surface area contributed by atoms with Gasteiger partial charge in [-0.2, -0.15) is 0 Å². The second kappa shape index (κ2) is 5.52. The fourth-order valence-corrected chi connectivity index (χ4v) is 1.40. The molecule has 88 valence electrons. The molecule has 0 aliphatic carbocycles. The Hall–Kier alpha value is -1.78. The van der Waals surface area contributed by atoms with Gasteiger partial charge in [0, 0.05) is 26.5 Å². The van der Waals surface area contributed by atoms with Crippen molar-refractivity contribution in [3.63, 3.8) is 0 Å². The van der Waals surface area contributed by atoms with Crippen molar-refractivity contribution in [3.05, 3.63) is 29.7 Å². The highest BCUT2D eigenvalue weighted by Crippen LogP contribution is 2.16. The Kier molecular flexibility index (Phi) is 4.32. The molecular weight excluding hydrogens is 215 g/mol. The Balaban J connectivity index is 3.33. The van der Waals surface area contributed by atoms with E-state index in [0.29, 0.717) is 16.7 Å². The number of hydrogen-bond donors (Lipinski definition) is 0. The second-order valence-corrected chi connectivity index (χ2v) is 3.87. The summed E-state index contributed by atoms with van der Waals surface area (Å²) in [5.74, 6) is -0.431. The van der Waals surface area contributed by atoms with Crippen molar-refractivity contribution in [2.75, 3.05) is 21.2 Å². The maximum atomic E-state index is 11.7. The van der Waals surface area contributed by atoms with E-state index >= 15 is 0 Å². The second-order valence-electron chi connectivity index (χ2n) is 3.87. The predicted molar refractivity (Wildman–Crippen MR) is 68.0 cm³/mol. The van der Waals surface area contributed by atoms with Crippen LogP contribution in [0, 0.1) is 6.92 Å². The molecule has 0 aliphatic heterocycles. The fourth-order valence-electron chi connectivity index (χ4n) is 1.40. The van der Waals surface area contributed by atoms with Gasteiger partial charge in [-0.1, -0.05) is 11.5 Å². The Bertz CT molecular complexity index is 456. The number of carbonyl (C=O) groups excluding carboxylic acids is 1. The van der Waals surface area contributed by atoms with E-state index in [0.717, 1.165) is 5.56 Å². The molecule has 0 bridgehead atoms. The Labute approximate surface area is 103 Å². The van der Waals surface area contributed by atoms with Crippen LogP contribution in [-0.4, -0.2) is 44.9 Å². The topological polar surface area (TPSA) is 42.4 Å². The van der Waals surface area contributed by atoms with Crippen LogP contribution in [0.4, 0.5) is 0 Å². The third kappa shape index (κ3) is 3.09. The molecule has 0 fully saturated rings. The SMILES string of the molecule is [B]c1ccnc(/C(=C/N(C)C)C(=O)OC)c1C. The zero-order valence-electron chi connectivity index (χ0n) is 10.5. The van der Waals surface area contributed by atoms with Crippen molar-refractivity contribution < 1.29 is 9.53 Å². The first-order chi connectivity index (χ1) is 7.97. The Morgan fingerprint density at radius 3 is 2.71 bits per heavy atom. The lowest BCUT2D eigenvalue weighted by Crippen LogP contribution is -2.16. The van der Waals surface area contributed by atoms with Crippen LogP contribution in [0.2, 0.25) is 0 Å². The monoisotopic (exact) mass is 230 g/mol. The number of pyridine rings is 1. The molecule has 17 heavy (non-hydrogen) atoms. The number of aromatic nitrogens is 1. The molecule has 1 aromatic rings. The smallest absolute Gasteiger partial charge is 0.341 e. The lowest BCUT2D eigenvalue weighted by atomic mass is 9.89. The number of rotatable bonds is 3.